The van der Waals surface area contributed by atoms with Crippen LogP contribution in [-0.4, -0.2) is 50.4 Å². The Kier molecular flexibility index (Phi) is 7.40. The lowest BCUT2D eigenvalue weighted by Crippen LogP contribution is -2.59. The fourth-order valence-corrected chi connectivity index (χ4v) is 5.33. The number of rotatable bonds is 7. The number of nitrogens with one attached hydrogen (secondary N) is 3. The molecule has 2 aromatic carbocycles. The van der Waals surface area contributed by atoms with E-state index in [9.17, 15) is 18.0 Å². The highest BCUT2D eigenvalue weighted by Gasteiger charge is 2.38. The topological polar surface area (TPSA) is 114 Å². The molecule has 1 saturated heterocycles. The minimum atomic E-state index is -3.82. The van der Waals surface area contributed by atoms with Crippen LogP contribution in [0, 0.1) is 0 Å². The number of halogens is 1. The van der Waals surface area contributed by atoms with E-state index in [0.717, 1.165) is 4.47 Å². The van der Waals surface area contributed by atoms with Crippen LogP contribution in [0.15, 0.2) is 57.9 Å². The zero-order valence-electron chi connectivity index (χ0n) is 15.9. The fraction of sp³-hybridized carbons (Fsp3) is 0.263. The molecule has 0 saturated carbocycles. The molecule has 1 heterocycles. The summed E-state index contributed by atoms with van der Waals surface area (Å²) in [4.78, 5) is 24.6. The Morgan fingerprint density at radius 2 is 1.87 bits per heavy atom. The van der Waals surface area contributed by atoms with Crippen molar-refractivity contribution in [1.29, 1.82) is 0 Å². The molecule has 2 amide bonds. The summed E-state index contributed by atoms with van der Waals surface area (Å²) in [7, 11) is -2.26. The summed E-state index contributed by atoms with van der Waals surface area (Å²) in [5, 5.41) is 7.10. The molecule has 11 heteroatoms. The predicted octanol–water partition coefficient (Wildman–Crippen LogP) is 1.97. The second-order valence-corrected chi connectivity index (χ2v) is 10.5. The van der Waals surface area contributed by atoms with Gasteiger partial charge in [-0.05, 0) is 48.5 Å². The molecule has 0 radical (unpaired) electrons. The third kappa shape index (κ3) is 5.54. The van der Waals surface area contributed by atoms with E-state index in [1.165, 1.54) is 23.9 Å². The number of benzene rings is 2. The van der Waals surface area contributed by atoms with Crippen molar-refractivity contribution in [2.75, 3.05) is 24.7 Å². The minimum Gasteiger partial charge on any atom is -0.497 e. The van der Waals surface area contributed by atoms with Crippen LogP contribution in [0.1, 0.15) is 0 Å². The summed E-state index contributed by atoms with van der Waals surface area (Å²) >= 11 is 4.42. The van der Waals surface area contributed by atoms with Crippen LogP contribution < -0.4 is 20.7 Å². The molecule has 0 aliphatic carbocycles. The van der Waals surface area contributed by atoms with Crippen molar-refractivity contribution >= 4 is 55.0 Å². The lowest BCUT2D eigenvalue weighted by molar-refractivity contribution is -0.122. The second-order valence-electron chi connectivity index (χ2n) is 6.37. The van der Waals surface area contributed by atoms with E-state index in [0.29, 0.717) is 11.4 Å². The van der Waals surface area contributed by atoms with E-state index < -0.39 is 26.5 Å². The van der Waals surface area contributed by atoms with Crippen LogP contribution in [0.5, 0.6) is 5.75 Å². The Morgan fingerprint density at radius 3 is 2.47 bits per heavy atom. The third-order valence-corrected chi connectivity index (χ3v) is 7.96. The van der Waals surface area contributed by atoms with Gasteiger partial charge in [0.2, 0.25) is 11.8 Å². The Labute approximate surface area is 187 Å². The first-order chi connectivity index (χ1) is 14.3. The number of ether oxygens (including phenoxy) is 1. The van der Waals surface area contributed by atoms with Crippen LogP contribution in [0.2, 0.25) is 0 Å². The van der Waals surface area contributed by atoms with E-state index in [4.69, 9.17) is 4.74 Å². The molecule has 160 valence electrons. The SMILES string of the molecule is COc1ccc(NC(=O)CSC2NCC(S(=O)(=O)c3ccc(Br)cc3)C(=O)N2)cc1. The van der Waals surface area contributed by atoms with E-state index in [2.05, 4.69) is 31.9 Å². The number of carbonyl (C=O) groups is 2. The van der Waals surface area contributed by atoms with Gasteiger partial charge in [-0.25, -0.2) is 8.42 Å². The number of carbonyl (C=O) groups excluding carboxylic acids is 2. The lowest BCUT2D eigenvalue weighted by atomic mass is 10.3. The normalized spacial score (nSPS) is 19.1. The maximum Gasteiger partial charge on any atom is 0.241 e. The number of hydrogen-bond acceptors (Lipinski definition) is 7. The summed E-state index contributed by atoms with van der Waals surface area (Å²) < 4.78 is 31.3. The molecule has 0 spiro atoms. The molecule has 8 nitrogen and oxygen atoms in total. The Bertz CT molecular complexity index is 1010. The van der Waals surface area contributed by atoms with Gasteiger partial charge in [-0.15, -0.1) is 11.8 Å². The van der Waals surface area contributed by atoms with Gasteiger partial charge in [-0.3, -0.25) is 14.9 Å². The predicted molar refractivity (Wildman–Crippen MR) is 119 cm³/mol. The molecule has 1 aliphatic heterocycles. The molecular weight excluding hydrogens is 494 g/mol. The molecule has 3 rings (SSSR count). The zero-order valence-corrected chi connectivity index (χ0v) is 19.1. The van der Waals surface area contributed by atoms with Crippen molar-refractivity contribution in [2.45, 2.75) is 15.6 Å². The van der Waals surface area contributed by atoms with Crippen molar-refractivity contribution in [3.63, 3.8) is 0 Å². The molecule has 1 aliphatic rings. The van der Waals surface area contributed by atoms with E-state index in [1.807, 2.05) is 0 Å². The van der Waals surface area contributed by atoms with E-state index in [-0.39, 0.29) is 23.1 Å². The van der Waals surface area contributed by atoms with Gasteiger partial charge in [-0.2, -0.15) is 0 Å². The Hall–Kier alpha value is -2.08. The van der Waals surface area contributed by atoms with Crippen LogP contribution in [0.25, 0.3) is 0 Å². The molecule has 2 unspecified atom stereocenters. The van der Waals surface area contributed by atoms with Gasteiger partial charge in [0.15, 0.2) is 15.1 Å². The van der Waals surface area contributed by atoms with Crippen molar-refractivity contribution in [3.05, 3.63) is 53.0 Å². The van der Waals surface area contributed by atoms with Crippen molar-refractivity contribution in [1.82, 2.24) is 10.6 Å². The highest BCUT2D eigenvalue weighted by atomic mass is 79.9. The Morgan fingerprint density at radius 1 is 1.20 bits per heavy atom. The number of anilines is 1. The second kappa shape index (κ2) is 9.82. The maximum absolute atomic E-state index is 12.7. The molecule has 30 heavy (non-hydrogen) atoms. The first-order valence-corrected chi connectivity index (χ1v) is 12.3. The molecule has 3 N–H and O–H groups in total. The molecule has 0 bridgehead atoms. The number of methoxy groups -OCH3 is 1. The highest BCUT2D eigenvalue weighted by molar-refractivity contribution is 9.10. The lowest BCUT2D eigenvalue weighted by Gasteiger charge is -2.29. The Balaban J connectivity index is 1.51. The quantitative estimate of drug-likeness (QED) is 0.518. The minimum absolute atomic E-state index is 0.0397. The third-order valence-electron chi connectivity index (χ3n) is 4.33. The zero-order chi connectivity index (χ0) is 21.7. The van der Waals surface area contributed by atoms with Crippen LogP contribution in [-0.2, 0) is 19.4 Å². The number of amides is 2. The largest absolute Gasteiger partial charge is 0.497 e. The standard InChI is InChI=1S/C19H20BrN3O5S2/c1-28-14-6-4-13(5-7-14)22-17(24)11-29-19-21-10-16(18(25)23-19)30(26,27)15-8-2-12(20)3-9-15/h2-9,16,19,21H,10-11H2,1H3,(H,22,24)(H,23,25). The summed E-state index contributed by atoms with van der Waals surface area (Å²) in [6, 6.07) is 13.0. The van der Waals surface area contributed by atoms with Gasteiger partial charge >= 0.3 is 0 Å². The first kappa shape index (κ1) is 22.6. The van der Waals surface area contributed by atoms with Crippen molar-refractivity contribution in [2.24, 2.45) is 0 Å². The highest BCUT2D eigenvalue weighted by Crippen LogP contribution is 2.22. The molecule has 2 aromatic rings. The maximum atomic E-state index is 12.7. The van der Waals surface area contributed by atoms with E-state index >= 15 is 0 Å². The van der Waals surface area contributed by atoms with Crippen molar-refractivity contribution < 1.29 is 22.7 Å². The number of sulfone groups is 1. The van der Waals surface area contributed by atoms with Crippen LogP contribution in [0.4, 0.5) is 5.69 Å². The average molecular weight is 514 g/mol. The van der Waals surface area contributed by atoms with Crippen LogP contribution in [0.3, 0.4) is 0 Å². The smallest absolute Gasteiger partial charge is 0.241 e. The van der Waals surface area contributed by atoms with Gasteiger partial charge in [0, 0.05) is 16.7 Å². The van der Waals surface area contributed by atoms with Gasteiger partial charge in [0.25, 0.3) is 0 Å². The van der Waals surface area contributed by atoms with E-state index in [1.54, 1.807) is 43.5 Å². The average Bonchev–Trinajstić information content (AvgIpc) is 2.73. The summed E-state index contributed by atoms with van der Waals surface area (Å²) in [5.41, 5.74) is 0.0678. The van der Waals surface area contributed by atoms with Crippen molar-refractivity contribution in [3.8, 4) is 5.75 Å². The molecule has 0 aromatic heterocycles. The molecule has 2 atom stereocenters. The van der Waals surface area contributed by atoms with Gasteiger partial charge in [0.05, 0.1) is 17.8 Å². The van der Waals surface area contributed by atoms with Gasteiger partial charge in [0.1, 0.15) is 11.2 Å². The molecule has 1 fully saturated rings. The summed E-state index contributed by atoms with van der Waals surface area (Å²) in [5.74, 6) is -0.0756. The van der Waals surface area contributed by atoms with Gasteiger partial charge < -0.3 is 15.4 Å². The van der Waals surface area contributed by atoms with Gasteiger partial charge in [-0.1, -0.05) is 15.9 Å². The number of thioether (sulfide) groups is 1. The van der Waals surface area contributed by atoms with Crippen LogP contribution >= 0.6 is 27.7 Å². The number of hydrogen-bond donors (Lipinski definition) is 3. The summed E-state index contributed by atoms with van der Waals surface area (Å²) in [6.07, 6.45) is 0. The first-order valence-electron chi connectivity index (χ1n) is 8.88. The summed E-state index contributed by atoms with van der Waals surface area (Å²) in [6.45, 7) is -0.0397. The molecular formula is C19H20BrN3O5S2. The fourth-order valence-electron chi connectivity index (χ4n) is 2.75. The monoisotopic (exact) mass is 513 g/mol.